The molecule has 1 aliphatic heterocycles. The molecule has 2 fully saturated rings. The number of benzene rings is 1. The molecule has 3 atom stereocenters. The molecular weight excluding hydrogens is 250 g/mol. The molecule has 0 aromatic heterocycles. The molecule has 0 radical (unpaired) electrons. The lowest BCUT2D eigenvalue weighted by Gasteiger charge is -2.24. The van der Waals surface area contributed by atoms with Crippen LogP contribution in [-0.2, 0) is 11.2 Å². The third-order valence-corrected chi connectivity index (χ3v) is 4.52. The van der Waals surface area contributed by atoms with E-state index in [0.717, 1.165) is 31.8 Å². The zero-order valence-electron chi connectivity index (χ0n) is 12.2. The molecule has 3 rings (SSSR count). The maximum absolute atomic E-state index is 9.28. The second kappa shape index (κ2) is 6.15. The Morgan fingerprint density at radius 3 is 2.70 bits per heavy atom. The van der Waals surface area contributed by atoms with Crippen LogP contribution in [0.4, 0.5) is 0 Å². The second-order valence-corrected chi connectivity index (χ2v) is 6.34. The minimum atomic E-state index is 0.343. The smallest absolute Gasteiger partial charge is 0.115 e. The molecule has 3 heteroatoms. The van der Waals surface area contributed by atoms with Crippen molar-refractivity contribution in [3.8, 4) is 5.75 Å². The molecule has 1 aliphatic carbocycles. The van der Waals surface area contributed by atoms with Gasteiger partial charge in [0.2, 0.25) is 0 Å². The Balaban J connectivity index is 1.44. The van der Waals surface area contributed by atoms with Crippen molar-refractivity contribution in [3.63, 3.8) is 0 Å². The van der Waals surface area contributed by atoms with Crippen LogP contribution in [0.25, 0.3) is 0 Å². The van der Waals surface area contributed by atoms with Gasteiger partial charge in [-0.05, 0) is 62.6 Å². The van der Waals surface area contributed by atoms with Gasteiger partial charge in [-0.3, -0.25) is 0 Å². The molecular formula is C17H25NO2. The fourth-order valence-corrected chi connectivity index (χ4v) is 3.17. The van der Waals surface area contributed by atoms with Crippen LogP contribution in [0.2, 0.25) is 0 Å². The van der Waals surface area contributed by atoms with Crippen LogP contribution in [0.1, 0.15) is 38.2 Å². The number of aryl methyl sites for hydroxylation is 1. The molecule has 0 bridgehead atoms. The van der Waals surface area contributed by atoms with E-state index in [0.29, 0.717) is 23.9 Å². The number of aromatic hydroxyl groups is 1. The third kappa shape index (κ3) is 3.53. The van der Waals surface area contributed by atoms with Gasteiger partial charge < -0.3 is 15.2 Å². The summed E-state index contributed by atoms with van der Waals surface area (Å²) in [5.74, 6) is 1.16. The first-order valence-electron chi connectivity index (χ1n) is 7.88. The van der Waals surface area contributed by atoms with E-state index in [2.05, 4.69) is 12.2 Å². The van der Waals surface area contributed by atoms with Crippen LogP contribution >= 0.6 is 0 Å². The van der Waals surface area contributed by atoms with Gasteiger partial charge in [0.1, 0.15) is 5.75 Å². The Bertz CT molecular complexity index is 427. The van der Waals surface area contributed by atoms with Crippen molar-refractivity contribution in [2.45, 2.75) is 57.2 Å². The summed E-state index contributed by atoms with van der Waals surface area (Å²) in [6.45, 7) is 3.19. The quantitative estimate of drug-likeness (QED) is 0.839. The van der Waals surface area contributed by atoms with Crippen LogP contribution in [0.15, 0.2) is 24.3 Å². The van der Waals surface area contributed by atoms with Crippen LogP contribution < -0.4 is 5.32 Å². The summed E-state index contributed by atoms with van der Waals surface area (Å²) in [5.41, 5.74) is 1.29. The van der Waals surface area contributed by atoms with Crippen LogP contribution in [0, 0.1) is 5.92 Å². The van der Waals surface area contributed by atoms with Crippen LogP contribution in [-0.4, -0.2) is 29.9 Å². The molecule has 0 amide bonds. The molecule has 1 aromatic rings. The molecule has 2 N–H and O–H groups in total. The van der Waals surface area contributed by atoms with E-state index >= 15 is 0 Å². The monoisotopic (exact) mass is 275 g/mol. The fraction of sp³-hybridized carbons (Fsp3) is 0.647. The van der Waals surface area contributed by atoms with E-state index in [1.165, 1.54) is 18.4 Å². The summed E-state index contributed by atoms with van der Waals surface area (Å²) in [4.78, 5) is 0. The van der Waals surface area contributed by atoms with E-state index in [-0.39, 0.29) is 0 Å². The maximum atomic E-state index is 9.28. The molecule has 0 spiro atoms. The number of phenols is 1. The van der Waals surface area contributed by atoms with Crippen molar-refractivity contribution in [2.75, 3.05) is 6.61 Å². The van der Waals surface area contributed by atoms with Crippen molar-refractivity contribution in [1.29, 1.82) is 0 Å². The number of hydrogen-bond donors (Lipinski definition) is 2. The number of hydrogen-bond acceptors (Lipinski definition) is 3. The number of rotatable bonds is 6. The average molecular weight is 275 g/mol. The Morgan fingerprint density at radius 2 is 2.00 bits per heavy atom. The van der Waals surface area contributed by atoms with Gasteiger partial charge in [0, 0.05) is 18.7 Å². The molecule has 1 aromatic carbocycles. The Hall–Kier alpha value is -1.06. The normalized spacial score (nSPS) is 27.6. The van der Waals surface area contributed by atoms with E-state index < -0.39 is 0 Å². The van der Waals surface area contributed by atoms with Crippen molar-refractivity contribution >= 4 is 0 Å². The SMILES string of the molecule is CC(CCc1ccc(O)cc1)NC1CCOC1C1CC1. The van der Waals surface area contributed by atoms with E-state index in [1.807, 2.05) is 12.1 Å². The van der Waals surface area contributed by atoms with Gasteiger partial charge in [0.25, 0.3) is 0 Å². The second-order valence-electron chi connectivity index (χ2n) is 6.34. The average Bonchev–Trinajstić information content (AvgIpc) is 3.19. The summed E-state index contributed by atoms with van der Waals surface area (Å²) in [5, 5.41) is 13.0. The van der Waals surface area contributed by atoms with E-state index in [4.69, 9.17) is 4.74 Å². The lowest BCUT2D eigenvalue weighted by atomic mass is 10.0. The lowest BCUT2D eigenvalue weighted by molar-refractivity contribution is 0.0791. The first kappa shape index (κ1) is 13.9. The van der Waals surface area contributed by atoms with Gasteiger partial charge in [0.15, 0.2) is 0 Å². The largest absolute Gasteiger partial charge is 0.508 e. The van der Waals surface area contributed by atoms with Gasteiger partial charge in [-0.2, -0.15) is 0 Å². The molecule has 3 nitrogen and oxygen atoms in total. The van der Waals surface area contributed by atoms with Gasteiger partial charge >= 0.3 is 0 Å². The third-order valence-electron chi connectivity index (χ3n) is 4.52. The molecule has 1 heterocycles. The molecule has 110 valence electrons. The first-order valence-corrected chi connectivity index (χ1v) is 7.88. The molecule has 20 heavy (non-hydrogen) atoms. The minimum Gasteiger partial charge on any atom is -0.508 e. The standard InChI is InChI=1S/C17H25NO2/c1-12(2-3-13-4-8-15(19)9-5-13)18-16-10-11-20-17(16)14-6-7-14/h4-5,8-9,12,14,16-19H,2-3,6-7,10-11H2,1H3. The van der Waals surface area contributed by atoms with E-state index in [9.17, 15) is 5.11 Å². The molecule has 1 saturated carbocycles. The highest BCUT2D eigenvalue weighted by molar-refractivity contribution is 5.25. The number of ether oxygens (including phenoxy) is 1. The van der Waals surface area contributed by atoms with Gasteiger partial charge in [-0.1, -0.05) is 12.1 Å². The highest BCUT2D eigenvalue weighted by atomic mass is 16.5. The van der Waals surface area contributed by atoms with E-state index in [1.54, 1.807) is 12.1 Å². The van der Waals surface area contributed by atoms with Gasteiger partial charge in [-0.15, -0.1) is 0 Å². The Kier molecular flexibility index (Phi) is 4.27. The number of nitrogens with one attached hydrogen (secondary N) is 1. The predicted molar refractivity (Wildman–Crippen MR) is 79.9 cm³/mol. The Morgan fingerprint density at radius 1 is 1.25 bits per heavy atom. The topological polar surface area (TPSA) is 41.5 Å². The zero-order valence-corrected chi connectivity index (χ0v) is 12.2. The number of phenolic OH excluding ortho intramolecular Hbond substituents is 1. The fourth-order valence-electron chi connectivity index (χ4n) is 3.17. The minimum absolute atomic E-state index is 0.343. The molecule has 1 saturated heterocycles. The Labute approximate surface area is 121 Å². The summed E-state index contributed by atoms with van der Waals surface area (Å²) in [7, 11) is 0. The van der Waals surface area contributed by atoms with Crippen molar-refractivity contribution in [2.24, 2.45) is 5.92 Å². The molecule has 2 aliphatic rings. The van der Waals surface area contributed by atoms with Crippen molar-refractivity contribution in [1.82, 2.24) is 5.32 Å². The highest BCUT2D eigenvalue weighted by Crippen LogP contribution is 2.38. The van der Waals surface area contributed by atoms with Crippen molar-refractivity contribution < 1.29 is 9.84 Å². The highest BCUT2D eigenvalue weighted by Gasteiger charge is 2.40. The first-order chi connectivity index (χ1) is 9.72. The summed E-state index contributed by atoms with van der Waals surface area (Å²) in [6.07, 6.45) is 6.50. The predicted octanol–water partition coefficient (Wildman–Crippen LogP) is 2.87. The zero-order chi connectivity index (χ0) is 13.9. The lowest BCUT2D eigenvalue weighted by Crippen LogP contribution is -2.42. The van der Waals surface area contributed by atoms with Gasteiger partial charge in [0.05, 0.1) is 6.10 Å². The van der Waals surface area contributed by atoms with Crippen LogP contribution in [0.5, 0.6) is 5.75 Å². The maximum Gasteiger partial charge on any atom is 0.115 e. The van der Waals surface area contributed by atoms with Crippen molar-refractivity contribution in [3.05, 3.63) is 29.8 Å². The van der Waals surface area contributed by atoms with Gasteiger partial charge in [-0.25, -0.2) is 0 Å². The summed E-state index contributed by atoms with van der Waals surface area (Å²) >= 11 is 0. The molecule has 3 unspecified atom stereocenters. The summed E-state index contributed by atoms with van der Waals surface area (Å²) < 4.78 is 5.88. The summed E-state index contributed by atoms with van der Waals surface area (Å²) in [6, 6.07) is 8.61. The van der Waals surface area contributed by atoms with Crippen LogP contribution in [0.3, 0.4) is 0 Å².